The first-order chi connectivity index (χ1) is 15.5. The number of benzene rings is 3. The van der Waals surface area contributed by atoms with Crippen molar-refractivity contribution in [1.82, 2.24) is 0 Å². The van der Waals surface area contributed by atoms with E-state index in [0.29, 0.717) is 0 Å². The van der Waals surface area contributed by atoms with E-state index in [1.165, 1.54) is 48.5 Å². The van der Waals surface area contributed by atoms with Crippen LogP contribution in [0.2, 0.25) is 5.02 Å². The van der Waals surface area contributed by atoms with E-state index in [4.69, 9.17) is 17.3 Å². The molecule has 0 fully saturated rings. The Bertz CT molecular complexity index is 1210. The van der Waals surface area contributed by atoms with Gasteiger partial charge >= 0.3 is 12.2 Å². The summed E-state index contributed by atoms with van der Waals surface area (Å²) in [6.45, 7) is 0. The molecule has 4 N–H and O–H groups in total. The minimum absolute atomic E-state index is 0.0137. The molecule has 3 aromatic rings. The van der Waals surface area contributed by atoms with Gasteiger partial charge in [-0.05, 0) is 54.6 Å². The number of carbonyl (C=O) groups excluding carboxylic acids is 2. The van der Waals surface area contributed by atoms with E-state index in [2.05, 4.69) is 15.6 Å². The van der Waals surface area contributed by atoms with Gasteiger partial charge in [-0.2, -0.15) is 18.2 Å². The lowest BCUT2D eigenvalue weighted by Crippen LogP contribution is -2.20. The average molecular weight is 479 g/mol. The maximum absolute atomic E-state index is 13.9. The molecule has 3 amide bonds. The van der Waals surface area contributed by atoms with Crippen LogP contribution in [0.4, 0.5) is 33.7 Å². The monoisotopic (exact) mass is 478 g/mol. The van der Waals surface area contributed by atoms with Crippen molar-refractivity contribution in [2.75, 3.05) is 10.6 Å². The minimum atomic E-state index is -4.54. The van der Waals surface area contributed by atoms with Crippen LogP contribution >= 0.6 is 11.6 Å². The summed E-state index contributed by atoms with van der Waals surface area (Å²) >= 11 is 5.88. The lowest BCUT2D eigenvalue weighted by atomic mass is 10.1. The maximum Gasteiger partial charge on any atom is 0.416 e. The largest absolute Gasteiger partial charge is 0.416 e. The van der Waals surface area contributed by atoms with E-state index in [0.717, 1.165) is 18.2 Å². The summed E-state index contributed by atoms with van der Waals surface area (Å²) in [7, 11) is 0. The molecule has 0 atom stereocenters. The molecule has 3 aromatic carbocycles. The van der Waals surface area contributed by atoms with Gasteiger partial charge in [-0.1, -0.05) is 23.7 Å². The third-order valence-corrected chi connectivity index (χ3v) is 4.60. The molecule has 3 rings (SSSR count). The van der Waals surface area contributed by atoms with Crippen molar-refractivity contribution >= 4 is 40.7 Å². The van der Waals surface area contributed by atoms with Crippen molar-refractivity contribution in [2.24, 2.45) is 10.7 Å². The normalized spacial score (nSPS) is 11.7. The summed E-state index contributed by atoms with van der Waals surface area (Å²) in [5.74, 6) is -1.82. The summed E-state index contributed by atoms with van der Waals surface area (Å²) in [6.07, 6.45) is -4.54. The molecule has 0 saturated carbocycles. The van der Waals surface area contributed by atoms with E-state index < -0.39 is 35.3 Å². The number of hydrogen-bond acceptors (Lipinski definition) is 2. The first kappa shape index (κ1) is 23.7. The molecule has 0 unspecified atom stereocenters. The van der Waals surface area contributed by atoms with Crippen molar-refractivity contribution in [3.63, 3.8) is 0 Å². The molecule has 0 saturated heterocycles. The number of nitrogens with two attached hydrogens (primary N) is 1. The van der Waals surface area contributed by atoms with Crippen molar-refractivity contribution in [3.05, 3.63) is 94.3 Å². The zero-order valence-electron chi connectivity index (χ0n) is 16.6. The fourth-order valence-electron chi connectivity index (χ4n) is 2.74. The van der Waals surface area contributed by atoms with Crippen LogP contribution in [0.25, 0.3) is 0 Å². The molecule has 11 heteroatoms. The number of halogens is 5. The maximum atomic E-state index is 13.9. The summed E-state index contributed by atoms with van der Waals surface area (Å²) in [4.78, 5) is 27.9. The standard InChI is InChI=1S/C22H15ClF4N4O2/c23-16-5-2-6-17(24)18(16)19(28)31-21(33)30-14-9-7-12(8-10-14)20(32)29-15-4-1-3-13(11-15)22(25,26)27/h1-11H,(H,29,32)(H3,28,30,31,33). The average Bonchev–Trinajstić information content (AvgIpc) is 2.73. The molecule has 0 spiro atoms. The van der Waals surface area contributed by atoms with Crippen molar-refractivity contribution in [1.29, 1.82) is 0 Å². The summed E-state index contributed by atoms with van der Waals surface area (Å²) in [6, 6.07) is 12.6. The molecule has 0 bridgehead atoms. The van der Waals surface area contributed by atoms with E-state index in [9.17, 15) is 27.2 Å². The van der Waals surface area contributed by atoms with Crippen LogP contribution in [0, 0.1) is 5.82 Å². The predicted octanol–water partition coefficient (Wildman–Crippen LogP) is 5.69. The number of aliphatic imine (C=N–C) groups is 1. The summed E-state index contributed by atoms with van der Waals surface area (Å²) in [5.41, 5.74) is 4.91. The van der Waals surface area contributed by atoms with Crippen molar-refractivity contribution in [2.45, 2.75) is 6.18 Å². The summed E-state index contributed by atoms with van der Waals surface area (Å²) in [5, 5.41) is 4.75. The molecule has 0 heterocycles. The second-order valence-corrected chi connectivity index (χ2v) is 7.04. The third-order valence-electron chi connectivity index (χ3n) is 4.29. The molecule has 0 aliphatic rings. The molecule has 170 valence electrons. The first-order valence-corrected chi connectivity index (χ1v) is 9.60. The number of anilines is 2. The Balaban J connectivity index is 1.66. The van der Waals surface area contributed by atoms with Gasteiger partial charge in [-0.15, -0.1) is 0 Å². The number of nitrogens with one attached hydrogen (secondary N) is 2. The van der Waals surface area contributed by atoms with Gasteiger partial charge in [0.1, 0.15) is 11.7 Å². The number of nitrogens with zero attached hydrogens (tertiary/aromatic N) is 1. The number of rotatable bonds is 4. The Morgan fingerprint density at radius 2 is 1.58 bits per heavy atom. The molecular weight excluding hydrogens is 464 g/mol. The summed E-state index contributed by atoms with van der Waals surface area (Å²) < 4.78 is 52.3. The second-order valence-electron chi connectivity index (χ2n) is 6.63. The molecule has 0 aliphatic carbocycles. The number of amides is 3. The fourth-order valence-corrected chi connectivity index (χ4v) is 3.00. The molecule has 0 radical (unpaired) electrons. The topological polar surface area (TPSA) is 96.6 Å². The highest BCUT2D eigenvalue weighted by Crippen LogP contribution is 2.30. The van der Waals surface area contributed by atoms with E-state index >= 15 is 0 Å². The third kappa shape index (κ3) is 6.07. The van der Waals surface area contributed by atoms with Gasteiger partial charge in [0.2, 0.25) is 0 Å². The lowest BCUT2D eigenvalue weighted by Gasteiger charge is -2.10. The number of amidine groups is 1. The molecule has 6 nitrogen and oxygen atoms in total. The highest BCUT2D eigenvalue weighted by molar-refractivity contribution is 6.34. The van der Waals surface area contributed by atoms with E-state index in [1.54, 1.807) is 0 Å². The minimum Gasteiger partial charge on any atom is -0.383 e. The van der Waals surface area contributed by atoms with Crippen LogP contribution in [0.1, 0.15) is 21.5 Å². The van der Waals surface area contributed by atoms with Crippen LogP contribution in [0.15, 0.2) is 71.7 Å². The quantitative estimate of drug-likeness (QED) is 0.255. The molecular formula is C22H15ClF4N4O2. The van der Waals surface area contributed by atoms with Crippen LogP contribution in [-0.2, 0) is 6.18 Å². The number of hydrogen-bond donors (Lipinski definition) is 3. The first-order valence-electron chi connectivity index (χ1n) is 9.23. The molecule has 0 aliphatic heterocycles. The molecule has 33 heavy (non-hydrogen) atoms. The van der Waals surface area contributed by atoms with Crippen LogP contribution in [0.5, 0.6) is 0 Å². The van der Waals surface area contributed by atoms with Gasteiger partial charge < -0.3 is 16.4 Å². The number of urea groups is 1. The van der Waals surface area contributed by atoms with Gasteiger partial charge in [0.05, 0.1) is 16.1 Å². The Morgan fingerprint density at radius 3 is 2.21 bits per heavy atom. The van der Waals surface area contributed by atoms with Gasteiger partial charge in [-0.3, -0.25) is 4.79 Å². The van der Waals surface area contributed by atoms with Crippen LogP contribution < -0.4 is 16.4 Å². The zero-order chi connectivity index (χ0) is 24.2. The zero-order valence-corrected chi connectivity index (χ0v) is 17.3. The highest BCUT2D eigenvalue weighted by Gasteiger charge is 2.30. The SMILES string of the molecule is N/C(=N\C(=O)Nc1ccc(C(=O)Nc2cccc(C(F)(F)F)c2)cc1)c1c(F)cccc1Cl. The van der Waals surface area contributed by atoms with Crippen LogP contribution in [-0.4, -0.2) is 17.8 Å². The second kappa shape index (κ2) is 9.70. The van der Waals surface area contributed by atoms with Crippen LogP contribution in [0.3, 0.4) is 0 Å². The molecule has 0 aromatic heterocycles. The Hall–Kier alpha value is -3.92. The van der Waals surface area contributed by atoms with Crippen molar-refractivity contribution in [3.8, 4) is 0 Å². The van der Waals surface area contributed by atoms with Gasteiger partial charge in [0, 0.05) is 16.9 Å². The smallest absolute Gasteiger partial charge is 0.383 e. The Labute approximate surface area is 190 Å². The van der Waals surface area contributed by atoms with Crippen molar-refractivity contribution < 1.29 is 27.2 Å². The van der Waals surface area contributed by atoms with Gasteiger partial charge in [0.25, 0.3) is 5.91 Å². The van der Waals surface area contributed by atoms with E-state index in [1.807, 2.05) is 0 Å². The highest BCUT2D eigenvalue weighted by atomic mass is 35.5. The predicted molar refractivity (Wildman–Crippen MR) is 117 cm³/mol. The lowest BCUT2D eigenvalue weighted by molar-refractivity contribution is -0.137. The van der Waals surface area contributed by atoms with Gasteiger partial charge in [-0.25, -0.2) is 9.18 Å². The number of carbonyl (C=O) groups is 2. The Kier molecular flexibility index (Phi) is 6.98. The Morgan fingerprint density at radius 1 is 0.909 bits per heavy atom. The fraction of sp³-hybridized carbons (Fsp3) is 0.0455. The number of alkyl halides is 3. The van der Waals surface area contributed by atoms with E-state index in [-0.39, 0.29) is 27.5 Å². The van der Waals surface area contributed by atoms with Gasteiger partial charge in [0.15, 0.2) is 0 Å².